The Hall–Kier alpha value is -1.54. The first kappa shape index (κ1) is 11.0. The molecule has 1 aromatic heterocycles. The lowest BCUT2D eigenvalue weighted by molar-refractivity contribution is 0.101. The third-order valence-corrected chi connectivity index (χ3v) is 2.77. The van der Waals surface area contributed by atoms with Crippen molar-refractivity contribution in [3.63, 3.8) is 0 Å². The number of rotatable bonds is 2. The van der Waals surface area contributed by atoms with E-state index in [4.69, 9.17) is 11.6 Å². The van der Waals surface area contributed by atoms with Gasteiger partial charge in [-0.3, -0.25) is 4.79 Å². The summed E-state index contributed by atoms with van der Waals surface area (Å²) in [6.07, 6.45) is 0. The lowest BCUT2D eigenvalue weighted by Crippen LogP contribution is -1.94. The van der Waals surface area contributed by atoms with E-state index in [0.29, 0.717) is 10.7 Å². The van der Waals surface area contributed by atoms with Crippen molar-refractivity contribution in [1.29, 1.82) is 0 Å². The molecule has 1 N–H and O–H groups in total. The van der Waals surface area contributed by atoms with E-state index >= 15 is 0 Å². The first-order valence-corrected chi connectivity index (χ1v) is 5.42. The monoisotopic (exact) mass is 233 g/mol. The summed E-state index contributed by atoms with van der Waals surface area (Å²) < 4.78 is 0. The highest BCUT2D eigenvalue weighted by Crippen LogP contribution is 2.23. The van der Waals surface area contributed by atoms with Crippen molar-refractivity contribution in [2.45, 2.75) is 13.8 Å². The molecule has 0 saturated carbocycles. The topological polar surface area (TPSA) is 32.9 Å². The fourth-order valence-electron chi connectivity index (χ4n) is 1.71. The molecule has 0 aliphatic heterocycles. The molecule has 1 heterocycles. The molecular formula is C13H12ClNO. The average Bonchev–Trinajstić information content (AvgIpc) is 2.61. The molecule has 0 radical (unpaired) electrons. The molecule has 0 aliphatic carbocycles. The van der Waals surface area contributed by atoms with E-state index in [-0.39, 0.29) is 5.78 Å². The van der Waals surface area contributed by atoms with Crippen molar-refractivity contribution in [2.24, 2.45) is 0 Å². The van der Waals surface area contributed by atoms with Crippen LogP contribution in [0.1, 0.15) is 23.0 Å². The van der Waals surface area contributed by atoms with Crippen LogP contribution in [0.5, 0.6) is 0 Å². The van der Waals surface area contributed by atoms with Gasteiger partial charge in [-0.2, -0.15) is 0 Å². The zero-order chi connectivity index (χ0) is 11.7. The maximum absolute atomic E-state index is 11.3. The van der Waals surface area contributed by atoms with Crippen LogP contribution in [-0.2, 0) is 0 Å². The SMILES string of the molecule is CC(=O)c1[nH]c(-c2ccc(Cl)cc2)cc1C. The van der Waals surface area contributed by atoms with Gasteiger partial charge >= 0.3 is 0 Å². The van der Waals surface area contributed by atoms with Gasteiger partial charge in [0.2, 0.25) is 0 Å². The van der Waals surface area contributed by atoms with Crippen LogP contribution in [0, 0.1) is 6.92 Å². The fourth-order valence-corrected chi connectivity index (χ4v) is 1.83. The second-order valence-corrected chi connectivity index (χ2v) is 4.24. The van der Waals surface area contributed by atoms with Gasteiger partial charge in [-0.25, -0.2) is 0 Å². The number of hydrogen-bond donors (Lipinski definition) is 1. The highest BCUT2D eigenvalue weighted by Gasteiger charge is 2.09. The van der Waals surface area contributed by atoms with Crippen LogP contribution in [0.2, 0.25) is 5.02 Å². The second kappa shape index (κ2) is 4.14. The number of ketones is 1. The number of aryl methyl sites for hydroxylation is 1. The molecule has 82 valence electrons. The Morgan fingerprint density at radius 1 is 1.25 bits per heavy atom. The van der Waals surface area contributed by atoms with E-state index in [1.807, 2.05) is 37.3 Å². The number of Topliss-reactive ketones (excluding diaryl/α,β-unsaturated/α-hetero) is 1. The van der Waals surface area contributed by atoms with Gasteiger partial charge in [0.25, 0.3) is 0 Å². The minimum Gasteiger partial charge on any atom is -0.352 e. The molecule has 2 aromatic rings. The summed E-state index contributed by atoms with van der Waals surface area (Å²) in [6.45, 7) is 3.48. The van der Waals surface area contributed by atoms with Crippen LogP contribution >= 0.6 is 11.6 Å². The number of halogens is 1. The maximum atomic E-state index is 11.3. The van der Waals surface area contributed by atoms with Crippen molar-refractivity contribution in [3.8, 4) is 11.3 Å². The molecule has 0 unspecified atom stereocenters. The molecule has 0 atom stereocenters. The molecule has 0 amide bonds. The molecule has 0 aliphatic rings. The molecule has 16 heavy (non-hydrogen) atoms. The zero-order valence-electron chi connectivity index (χ0n) is 9.17. The summed E-state index contributed by atoms with van der Waals surface area (Å²) in [7, 11) is 0. The smallest absolute Gasteiger partial charge is 0.176 e. The van der Waals surface area contributed by atoms with Gasteiger partial charge in [0.15, 0.2) is 5.78 Å². The van der Waals surface area contributed by atoms with Crippen LogP contribution in [-0.4, -0.2) is 10.8 Å². The van der Waals surface area contributed by atoms with Crippen LogP contribution in [0.25, 0.3) is 11.3 Å². The molecule has 0 fully saturated rings. The minimum absolute atomic E-state index is 0.0534. The Morgan fingerprint density at radius 3 is 2.38 bits per heavy atom. The van der Waals surface area contributed by atoms with E-state index in [1.165, 1.54) is 0 Å². The van der Waals surface area contributed by atoms with Crippen molar-refractivity contribution in [3.05, 3.63) is 46.6 Å². The molecule has 3 heteroatoms. The Kier molecular flexibility index (Phi) is 2.84. The van der Waals surface area contributed by atoms with Gasteiger partial charge in [-0.15, -0.1) is 0 Å². The van der Waals surface area contributed by atoms with Gasteiger partial charge in [-0.1, -0.05) is 23.7 Å². The molecule has 0 saturated heterocycles. The van der Waals surface area contributed by atoms with Crippen molar-refractivity contribution in [2.75, 3.05) is 0 Å². The number of nitrogens with one attached hydrogen (secondary N) is 1. The van der Waals surface area contributed by atoms with E-state index in [9.17, 15) is 4.79 Å². The summed E-state index contributed by atoms with van der Waals surface area (Å²) >= 11 is 5.82. The second-order valence-electron chi connectivity index (χ2n) is 3.80. The summed E-state index contributed by atoms with van der Waals surface area (Å²) in [6, 6.07) is 9.50. The number of H-pyrrole nitrogens is 1. The predicted octanol–water partition coefficient (Wildman–Crippen LogP) is 3.85. The third-order valence-electron chi connectivity index (χ3n) is 2.52. The van der Waals surface area contributed by atoms with E-state index < -0.39 is 0 Å². The number of aromatic nitrogens is 1. The molecule has 0 spiro atoms. The first-order valence-electron chi connectivity index (χ1n) is 5.04. The predicted molar refractivity (Wildman–Crippen MR) is 66.0 cm³/mol. The van der Waals surface area contributed by atoms with E-state index in [0.717, 1.165) is 16.8 Å². The number of carbonyl (C=O) groups is 1. The molecule has 2 nitrogen and oxygen atoms in total. The lowest BCUT2D eigenvalue weighted by atomic mass is 10.1. The van der Waals surface area contributed by atoms with E-state index in [1.54, 1.807) is 6.92 Å². The highest BCUT2D eigenvalue weighted by atomic mass is 35.5. The molecule has 1 aromatic carbocycles. The Morgan fingerprint density at radius 2 is 1.88 bits per heavy atom. The van der Waals surface area contributed by atoms with E-state index in [2.05, 4.69) is 4.98 Å². The zero-order valence-corrected chi connectivity index (χ0v) is 9.93. The van der Waals surface area contributed by atoms with Crippen LogP contribution in [0.4, 0.5) is 0 Å². The van der Waals surface area contributed by atoms with Gasteiger partial charge in [0.05, 0.1) is 5.69 Å². The van der Waals surface area contributed by atoms with Crippen LogP contribution in [0.3, 0.4) is 0 Å². The summed E-state index contributed by atoms with van der Waals surface area (Å²) in [5.74, 6) is 0.0534. The fraction of sp³-hybridized carbons (Fsp3) is 0.154. The lowest BCUT2D eigenvalue weighted by Gasteiger charge is -1.97. The van der Waals surface area contributed by atoms with Crippen molar-refractivity contribution >= 4 is 17.4 Å². The summed E-state index contributed by atoms with van der Waals surface area (Å²) in [5, 5.41) is 0.707. The normalized spacial score (nSPS) is 10.4. The number of carbonyl (C=O) groups excluding carboxylic acids is 1. The quantitative estimate of drug-likeness (QED) is 0.786. The van der Waals surface area contributed by atoms with Gasteiger partial charge in [-0.05, 0) is 36.2 Å². The molecular weight excluding hydrogens is 222 g/mol. The van der Waals surface area contributed by atoms with Crippen LogP contribution in [0.15, 0.2) is 30.3 Å². The largest absolute Gasteiger partial charge is 0.352 e. The van der Waals surface area contributed by atoms with Crippen molar-refractivity contribution < 1.29 is 4.79 Å². The highest BCUT2D eigenvalue weighted by molar-refractivity contribution is 6.30. The van der Waals surface area contributed by atoms with Crippen molar-refractivity contribution in [1.82, 2.24) is 4.98 Å². The molecule has 0 bridgehead atoms. The number of benzene rings is 1. The minimum atomic E-state index is 0.0534. The van der Waals surface area contributed by atoms with Crippen LogP contribution < -0.4 is 0 Å². The Bertz CT molecular complexity index is 525. The average molecular weight is 234 g/mol. The number of aromatic amines is 1. The van der Waals surface area contributed by atoms with Gasteiger partial charge in [0.1, 0.15) is 0 Å². The van der Waals surface area contributed by atoms with Gasteiger partial charge < -0.3 is 4.98 Å². The third kappa shape index (κ3) is 2.02. The maximum Gasteiger partial charge on any atom is 0.176 e. The standard InChI is InChI=1S/C13H12ClNO/c1-8-7-12(15-13(8)9(2)16)10-3-5-11(14)6-4-10/h3-7,15H,1-2H3. The Balaban J connectivity index is 2.45. The molecule has 2 rings (SSSR count). The number of hydrogen-bond acceptors (Lipinski definition) is 1. The first-order chi connectivity index (χ1) is 7.58. The summed E-state index contributed by atoms with van der Waals surface area (Å²) in [4.78, 5) is 14.4. The summed E-state index contributed by atoms with van der Waals surface area (Å²) in [5.41, 5.74) is 3.61. The Labute approximate surface area is 99.3 Å². The van der Waals surface area contributed by atoms with Gasteiger partial charge in [0, 0.05) is 17.6 Å².